The van der Waals surface area contributed by atoms with Gasteiger partial charge in [0.25, 0.3) is 5.91 Å². The van der Waals surface area contributed by atoms with Crippen LogP contribution in [0.5, 0.6) is 0 Å². The van der Waals surface area contributed by atoms with Gasteiger partial charge in [-0.1, -0.05) is 48.9 Å². The molecule has 136 valence electrons. The highest BCUT2D eigenvalue weighted by Crippen LogP contribution is 2.20. The lowest BCUT2D eigenvalue weighted by molar-refractivity contribution is -0.133. The van der Waals surface area contributed by atoms with Crippen molar-refractivity contribution in [1.82, 2.24) is 14.8 Å². The lowest BCUT2D eigenvalue weighted by Crippen LogP contribution is -2.43. The third-order valence-corrected chi connectivity index (χ3v) is 4.92. The summed E-state index contributed by atoms with van der Waals surface area (Å²) in [4.78, 5) is 33.1. The molecule has 6 heteroatoms. The van der Waals surface area contributed by atoms with Crippen LogP contribution in [0.25, 0.3) is 0 Å². The number of pyridine rings is 1. The Hall–Kier alpha value is -2.40. The lowest BCUT2D eigenvalue weighted by Gasteiger charge is -2.31. The molecular weight excluding hydrogens is 350 g/mol. The molecule has 1 aliphatic rings. The predicted molar refractivity (Wildman–Crippen MR) is 101 cm³/mol. The highest BCUT2D eigenvalue weighted by Gasteiger charge is 2.31. The number of benzene rings is 1. The monoisotopic (exact) mass is 371 g/mol. The Morgan fingerprint density at radius 3 is 2.73 bits per heavy atom. The molecule has 0 spiro atoms. The van der Waals surface area contributed by atoms with Gasteiger partial charge < -0.3 is 9.80 Å². The fraction of sp³-hybridized carbons (Fsp3) is 0.350. The van der Waals surface area contributed by atoms with Gasteiger partial charge in [-0.15, -0.1) is 0 Å². The van der Waals surface area contributed by atoms with Crippen molar-refractivity contribution < 1.29 is 9.59 Å². The Balaban J connectivity index is 1.78. The summed E-state index contributed by atoms with van der Waals surface area (Å²) in [5.74, 6) is -0.0223. The molecule has 1 aromatic carbocycles. The summed E-state index contributed by atoms with van der Waals surface area (Å²) in [6.45, 7) is 3.56. The highest BCUT2D eigenvalue weighted by molar-refractivity contribution is 6.29. The zero-order valence-corrected chi connectivity index (χ0v) is 15.5. The minimum Gasteiger partial charge on any atom is -0.336 e. The van der Waals surface area contributed by atoms with Gasteiger partial charge in [-0.05, 0) is 24.1 Å². The third-order valence-electron chi connectivity index (χ3n) is 4.72. The maximum Gasteiger partial charge on any atom is 0.254 e. The van der Waals surface area contributed by atoms with E-state index in [4.69, 9.17) is 11.6 Å². The van der Waals surface area contributed by atoms with Crippen LogP contribution in [0.15, 0.2) is 48.7 Å². The first kappa shape index (κ1) is 18.4. The molecule has 5 nitrogen and oxygen atoms in total. The van der Waals surface area contributed by atoms with Crippen LogP contribution in [0.1, 0.15) is 35.7 Å². The molecule has 0 aliphatic carbocycles. The van der Waals surface area contributed by atoms with E-state index in [1.807, 2.05) is 42.2 Å². The van der Waals surface area contributed by atoms with Gasteiger partial charge in [0.1, 0.15) is 5.15 Å². The van der Waals surface area contributed by atoms with Gasteiger partial charge >= 0.3 is 0 Å². The number of carbonyl (C=O) groups is 2. The van der Waals surface area contributed by atoms with Gasteiger partial charge in [0.15, 0.2) is 0 Å². The Morgan fingerprint density at radius 1 is 1.27 bits per heavy atom. The maximum atomic E-state index is 12.8. The largest absolute Gasteiger partial charge is 0.336 e. The van der Waals surface area contributed by atoms with Crippen LogP contribution in [-0.2, 0) is 11.3 Å². The number of hydrogen-bond donors (Lipinski definition) is 0. The summed E-state index contributed by atoms with van der Waals surface area (Å²) < 4.78 is 0. The molecule has 1 aliphatic heterocycles. The normalized spacial score (nSPS) is 17.9. The van der Waals surface area contributed by atoms with E-state index in [1.54, 1.807) is 17.0 Å². The second-order valence-electron chi connectivity index (χ2n) is 6.44. The topological polar surface area (TPSA) is 53.5 Å². The van der Waals surface area contributed by atoms with Crippen molar-refractivity contribution in [3.8, 4) is 0 Å². The average Bonchev–Trinajstić information content (AvgIpc) is 2.81. The van der Waals surface area contributed by atoms with Crippen molar-refractivity contribution in [1.29, 1.82) is 0 Å². The summed E-state index contributed by atoms with van der Waals surface area (Å²) in [7, 11) is 0. The number of aromatic nitrogens is 1. The smallest absolute Gasteiger partial charge is 0.254 e. The second kappa shape index (κ2) is 8.32. The number of hydrogen-bond acceptors (Lipinski definition) is 3. The molecule has 2 aromatic rings. The standard InChI is InChI=1S/C20H22ClN3O2/c1-2-17-14-23(20(26)16-8-10-22-18(21)12-16)11-9-19(25)24(17)13-15-6-4-3-5-7-15/h3-8,10,12,17H,2,9,11,13-14H2,1H3/t17-/m1/s1. The minimum atomic E-state index is -0.109. The zero-order chi connectivity index (χ0) is 18.5. The van der Waals surface area contributed by atoms with E-state index in [9.17, 15) is 9.59 Å². The molecular formula is C20H22ClN3O2. The van der Waals surface area contributed by atoms with E-state index in [0.29, 0.717) is 36.8 Å². The summed E-state index contributed by atoms with van der Waals surface area (Å²) in [6, 6.07) is 13.2. The first-order valence-corrected chi connectivity index (χ1v) is 9.20. The van der Waals surface area contributed by atoms with Gasteiger partial charge in [0.2, 0.25) is 5.91 Å². The SMILES string of the molecule is CC[C@@H]1CN(C(=O)c2ccnc(Cl)c2)CCC(=O)N1Cc1ccccc1. The van der Waals surface area contributed by atoms with Crippen molar-refractivity contribution in [2.75, 3.05) is 13.1 Å². The molecule has 0 unspecified atom stereocenters. The fourth-order valence-corrected chi connectivity index (χ4v) is 3.45. The zero-order valence-electron chi connectivity index (χ0n) is 14.8. The van der Waals surface area contributed by atoms with Crippen molar-refractivity contribution in [2.45, 2.75) is 32.4 Å². The average molecular weight is 372 g/mol. The maximum absolute atomic E-state index is 12.8. The van der Waals surface area contributed by atoms with Crippen molar-refractivity contribution in [3.05, 3.63) is 64.9 Å². The highest BCUT2D eigenvalue weighted by atomic mass is 35.5. The van der Waals surface area contributed by atoms with Crippen LogP contribution >= 0.6 is 11.6 Å². The van der Waals surface area contributed by atoms with Crippen molar-refractivity contribution >= 4 is 23.4 Å². The molecule has 26 heavy (non-hydrogen) atoms. The predicted octanol–water partition coefficient (Wildman–Crippen LogP) is 3.39. The summed E-state index contributed by atoms with van der Waals surface area (Å²) in [6.07, 6.45) is 2.64. The molecule has 1 atom stereocenters. The number of carbonyl (C=O) groups excluding carboxylic acids is 2. The van der Waals surface area contributed by atoms with E-state index < -0.39 is 0 Å². The van der Waals surface area contributed by atoms with Crippen molar-refractivity contribution in [2.24, 2.45) is 0 Å². The first-order chi connectivity index (χ1) is 12.6. The lowest BCUT2D eigenvalue weighted by atomic mass is 10.1. The van der Waals surface area contributed by atoms with E-state index >= 15 is 0 Å². The third kappa shape index (κ3) is 4.22. The number of halogens is 1. The Morgan fingerprint density at radius 2 is 2.04 bits per heavy atom. The molecule has 2 amide bonds. The quantitative estimate of drug-likeness (QED) is 0.774. The van der Waals surface area contributed by atoms with Crippen LogP contribution < -0.4 is 0 Å². The second-order valence-corrected chi connectivity index (χ2v) is 6.82. The summed E-state index contributed by atoms with van der Waals surface area (Å²) >= 11 is 5.91. The van der Waals surface area contributed by atoms with Gasteiger partial charge in [-0.25, -0.2) is 4.98 Å². The Kier molecular flexibility index (Phi) is 5.89. The summed E-state index contributed by atoms with van der Waals surface area (Å²) in [5, 5.41) is 0.291. The molecule has 1 aromatic heterocycles. The van der Waals surface area contributed by atoms with E-state index in [2.05, 4.69) is 4.98 Å². The fourth-order valence-electron chi connectivity index (χ4n) is 3.27. The van der Waals surface area contributed by atoms with Crippen molar-refractivity contribution in [3.63, 3.8) is 0 Å². The van der Waals surface area contributed by atoms with Crippen LogP contribution in [-0.4, -0.2) is 45.7 Å². The molecule has 1 fully saturated rings. The van der Waals surface area contributed by atoms with Crippen LogP contribution in [0.3, 0.4) is 0 Å². The number of rotatable bonds is 4. The summed E-state index contributed by atoms with van der Waals surface area (Å²) in [5.41, 5.74) is 1.60. The molecule has 0 saturated carbocycles. The molecule has 0 N–H and O–H groups in total. The van der Waals surface area contributed by atoms with Gasteiger partial charge in [0.05, 0.1) is 0 Å². The Bertz CT molecular complexity index is 782. The molecule has 3 rings (SSSR count). The van der Waals surface area contributed by atoms with E-state index in [-0.39, 0.29) is 17.9 Å². The number of amides is 2. The molecule has 0 bridgehead atoms. The Labute approximate surface area is 158 Å². The molecule has 0 radical (unpaired) electrons. The van der Waals surface area contributed by atoms with Crippen LogP contribution in [0.4, 0.5) is 0 Å². The van der Waals surface area contributed by atoms with E-state index in [1.165, 1.54) is 6.20 Å². The van der Waals surface area contributed by atoms with Gasteiger partial charge in [-0.3, -0.25) is 9.59 Å². The molecule has 2 heterocycles. The first-order valence-electron chi connectivity index (χ1n) is 8.82. The van der Waals surface area contributed by atoms with Gasteiger partial charge in [0, 0.05) is 43.9 Å². The van der Waals surface area contributed by atoms with Crippen LogP contribution in [0.2, 0.25) is 5.15 Å². The minimum absolute atomic E-state index is 0.00790. The van der Waals surface area contributed by atoms with E-state index in [0.717, 1.165) is 12.0 Å². The number of nitrogens with zero attached hydrogens (tertiary/aromatic N) is 3. The van der Waals surface area contributed by atoms with Crippen LogP contribution in [0, 0.1) is 0 Å². The molecule has 1 saturated heterocycles. The van der Waals surface area contributed by atoms with Gasteiger partial charge in [-0.2, -0.15) is 0 Å².